The van der Waals surface area contributed by atoms with Crippen LogP contribution in [0.15, 0.2) is 18.2 Å². The lowest BCUT2D eigenvalue weighted by atomic mass is 9.98. The number of aryl methyl sites for hydroxylation is 1. The van der Waals surface area contributed by atoms with Crippen LogP contribution in [0.25, 0.3) is 0 Å². The van der Waals surface area contributed by atoms with Crippen LogP contribution in [0.5, 0.6) is 0 Å². The van der Waals surface area contributed by atoms with Crippen LogP contribution in [-0.4, -0.2) is 18.2 Å². The molecule has 1 N–H and O–H groups in total. The molecule has 1 aliphatic heterocycles. The van der Waals surface area contributed by atoms with E-state index in [4.69, 9.17) is 4.74 Å². The van der Waals surface area contributed by atoms with E-state index in [1.165, 1.54) is 38.2 Å². The van der Waals surface area contributed by atoms with Crippen molar-refractivity contribution in [3.8, 4) is 0 Å². The molecule has 1 aromatic rings. The molecule has 0 bridgehead atoms. The van der Waals surface area contributed by atoms with Gasteiger partial charge in [-0.3, -0.25) is 0 Å². The summed E-state index contributed by atoms with van der Waals surface area (Å²) < 4.78 is 19.9. The van der Waals surface area contributed by atoms with E-state index in [0.29, 0.717) is 12.2 Å². The zero-order valence-electron chi connectivity index (χ0n) is 11.5. The molecule has 2 fully saturated rings. The second-order valence-corrected chi connectivity index (χ2v) is 6.03. The number of hydrogen-bond acceptors (Lipinski definition) is 2. The Hall–Kier alpha value is -1.09. The zero-order chi connectivity index (χ0) is 13.3. The molecule has 1 heterocycles. The molecule has 0 amide bonds. The second-order valence-electron chi connectivity index (χ2n) is 6.03. The van der Waals surface area contributed by atoms with Crippen molar-refractivity contribution in [2.24, 2.45) is 0 Å². The van der Waals surface area contributed by atoms with Gasteiger partial charge < -0.3 is 10.1 Å². The first-order valence-corrected chi connectivity index (χ1v) is 7.35. The van der Waals surface area contributed by atoms with Gasteiger partial charge >= 0.3 is 0 Å². The molecule has 1 saturated carbocycles. The summed E-state index contributed by atoms with van der Waals surface area (Å²) in [5, 5.41) is 3.20. The predicted molar refractivity (Wildman–Crippen MR) is 74.9 cm³/mol. The van der Waals surface area contributed by atoms with Crippen LogP contribution in [0.2, 0.25) is 0 Å². The van der Waals surface area contributed by atoms with Gasteiger partial charge in [0.2, 0.25) is 0 Å². The molecule has 1 unspecified atom stereocenters. The molecular weight excluding hydrogens is 241 g/mol. The highest BCUT2D eigenvalue weighted by atomic mass is 19.1. The van der Waals surface area contributed by atoms with E-state index >= 15 is 0 Å². The first kappa shape index (κ1) is 12.9. The summed E-state index contributed by atoms with van der Waals surface area (Å²) in [6.45, 7) is 2.69. The van der Waals surface area contributed by atoms with E-state index in [2.05, 4.69) is 5.32 Å². The number of benzene rings is 1. The van der Waals surface area contributed by atoms with E-state index in [1.54, 1.807) is 6.07 Å². The predicted octanol–water partition coefficient (Wildman–Crippen LogP) is 4.04. The number of hydrogen-bond donors (Lipinski definition) is 1. The largest absolute Gasteiger partial charge is 0.380 e. The Morgan fingerprint density at radius 1 is 1.32 bits per heavy atom. The van der Waals surface area contributed by atoms with Gasteiger partial charge in [0.25, 0.3) is 0 Å². The fraction of sp³-hybridized carbons (Fsp3) is 0.625. The van der Waals surface area contributed by atoms with Gasteiger partial charge in [0, 0.05) is 6.54 Å². The molecule has 19 heavy (non-hydrogen) atoms. The molecule has 0 aromatic heterocycles. The molecule has 2 aliphatic rings. The normalized spacial score (nSPS) is 25.1. The summed E-state index contributed by atoms with van der Waals surface area (Å²) in [7, 11) is 0. The van der Waals surface area contributed by atoms with Crippen molar-refractivity contribution in [3.63, 3.8) is 0 Å². The Morgan fingerprint density at radius 3 is 2.89 bits per heavy atom. The maximum atomic E-state index is 13.6. The van der Waals surface area contributed by atoms with Crippen LogP contribution in [-0.2, 0) is 4.74 Å². The van der Waals surface area contributed by atoms with Gasteiger partial charge in [-0.05, 0) is 50.3 Å². The number of rotatable bonds is 3. The van der Waals surface area contributed by atoms with Crippen molar-refractivity contribution in [2.75, 3.05) is 11.9 Å². The average molecular weight is 263 g/mol. The van der Waals surface area contributed by atoms with E-state index in [0.717, 1.165) is 12.0 Å². The standard InChI is InChI=1S/C16H22FNO/c1-12-4-5-14(17)15(10-12)18-11-13-6-9-16(19-13)7-2-3-8-16/h4-5,10,13,18H,2-3,6-9,11H2,1H3. The Bertz CT molecular complexity index is 454. The third-order valence-electron chi connectivity index (χ3n) is 4.50. The van der Waals surface area contributed by atoms with Crippen molar-refractivity contribution in [1.82, 2.24) is 0 Å². The lowest BCUT2D eigenvalue weighted by molar-refractivity contribution is -0.0307. The number of nitrogens with one attached hydrogen (secondary N) is 1. The highest BCUT2D eigenvalue weighted by Gasteiger charge is 2.41. The SMILES string of the molecule is Cc1ccc(F)c(NCC2CCC3(CCCC3)O2)c1. The second kappa shape index (κ2) is 5.12. The summed E-state index contributed by atoms with van der Waals surface area (Å²) in [6, 6.07) is 5.17. The first-order chi connectivity index (χ1) is 9.17. The van der Waals surface area contributed by atoms with Gasteiger partial charge in [0.1, 0.15) is 5.82 Å². The smallest absolute Gasteiger partial charge is 0.146 e. The molecule has 3 rings (SSSR count). The van der Waals surface area contributed by atoms with Crippen LogP contribution in [0.1, 0.15) is 44.1 Å². The van der Waals surface area contributed by atoms with Crippen LogP contribution in [0.4, 0.5) is 10.1 Å². The van der Waals surface area contributed by atoms with Gasteiger partial charge in [-0.2, -0.15) is 0 Å². The minimum atomic E-state index is -0.181. The molecule has 1 spiro atoms. The van der Waals surface area contributed by atoms with Crippen molar-refractivity contribution >= 4 is 5.69 Å². The van der Waals surface area contributed by atoms with E-state index < -0.39 is 0 Å². The molecular formula is C16H22FNO. The molecule has 0 radical (unpaired) electrons. The third-order valence-corrected chi connectivity index (χ3v) is 4.50. The van der Waals surface area contributed by atoms with Gasteiger partial charge in [0.15, 0.2) is 0 Å². The molecule has 2 nitrogen and oxygen atoms in total. The monoisotopic (exact) mass is 263 g/mol. The van der Waals surface area contributed by atoms with Crippen LogP contribution < -0.4 is 5.32 Å². The van der Waals surface area contributed by atoms with Gasteiger partial charge in [-0.1, -0.05) is 18.9 Å². The van der Waals surface area contributed by atoms with Crippen LogP contribution in [0.3, 0.4) is 0 Å². The van der Waals surface area contributed by atoms with E-state index in [1.807, 2.05) is 13.0 Å². The van der Waals surface area contributed by atoms with Crippen molar-refractivity contribution in [3.05, 3.63) is 29.6 Å². The molecule has 1 saturated heterocycles. The lowest BCUT2D eigenvalue weighted by Crippen LogP contribution is -2.28. The van der Waals surface area contributed by atoms with Crippen LogP contribution >= 0.6 is 0 Å². The molecule has 1 aliphatic carbocycles. The van der Waals surface area contributed by atoms with Gasteiger partial charge in [-0.25, -0.2) is 4.39 Å². The highest BCUT2D eigenvalue weighted by Crippen LogP contribution is 2.43. The Kier molecular flexibility index (Phi) is 3.48. The maximum Gasteiger partial charge on any atom is 0.146 e. The quantitative estimate of drug-likeness (QED) is 0.888. The minimum absolute atomic E-state index is 0.164. The lowest BCUT2D eigenvalue weighted by Gasteiger charge is -2.24. The fourth-order valence-electron chi connectivity index (χ4n) is 3.42. The molecule has 104 valence electrons. The average Bonchev–Trinajstić information content (AvgIpc) is 3.02. The topological polar surface area (TPSA) is 21.3 Å². The summed E-state index contributed by atoms with van der Waals surface area (Å²) in [5.74, 6) is -0.181. The number of halogens is 1. The molecule has 1 atom stereocenters. The summed E-state index contributed by atoms with van der Waals surface area (Å²) >= 11 is 0. The van der Waals surface area contributed by atoms with Crippen LogP contribution in [0, 0.1) is 12.7 Å². The highest BCUT2D eigenvalue weighted by molar-refractivity contribution is 5.47. The number of ether oxygens (including phenoxy) is 1. The summed E-state index contributed by atoms with van der Waals surface area (Å²) in [4.78, 5) is 0. The van der Waals surface area contributed by atoms with Crippen molar-refractivity contribution in [2.45, 2.75) is 57.2 Å². The molecule has 1 aromatic carbocycles. The maximum absolute atomic E-state index is 13.6. The Morgan fingerprint density at radius 2 is 2.11 bits per heavy atom. The minimum Gasteiger partial charge on any atom is -0.380 e. The van der Waals surface area contributed by atoms with Gasteiger partial charge in [0.05, 0.1) is 17.4 Å². The summed E-state index contributed by atoms with van der Waals surface area (Å²) in [5.41, 5.74) is 1.83. The van der Waals surface area contributed by atoms with Crippen molar-refractivity contribution in [1.29, 1.82) is 0 Å². The first-order valence-electron chi connectivity index (χ1n) is 7.35. The zero-order valence-corrected chi connectivity index (χ0v) is 11.5. The third kappa shape index (κ3) is 2.76. The number of anilines is 1. The fourth-order valence-corrected chi connectivity index (χ4v) is 3.42. The van der Waals surface area contributed by atoms with E-state index in [9.17, 15) is 4.39 Å². The Labute approximate surface area is 114 Å². The van der Waals surface area contributed by atoms with Crippen molar-refractivity contribution < 1.29 is 9.13 Å². The van der Waals surface area contributed by atoms with Gasteiger partial charge in [-0.15, -0.1) is 0 Å². The van der Waals surface area contributed by atoms with E-state index in [-0.39, 0.29) is 17.5 Å². The summed E-state index contributed by atoms with van der Waals surface area (Å²) in [6.07, 6.45) is 7.53. The Balaban J connectivity index is 1.57. The molecule has 3 heteroatoms.